The minimum Gasteiger partial charge on any atom is -0.369 e. The van der Waals surface area contributed by atoms with E-state index in [1.165, 1.54) is 0 Å². The summed E-state index contributed by atoms with van der Waals surface area (Å²) >= 11 is 6.08. The molecule has 0 saturated carbocycles. The van der Waals surface area contributed by atoms with Crippen LogP contribution in [0.4, 0.5) is 17.3 Å². The molecule has 0 fully saturated rings. The van der Waals surface area contributed by atoms with E-state index in [2.05, 4.69) is 20.6 Å². The van der Waals surface area contributed by atoms with E-state index in [0.717, 1.165) is 6.54 Å². The van der Waals surface area contributed by atoms with Gasteiger partial charge in [-0.15, -0.1) is 0 Å². The zero-order valence-corrected chi connectivity index (χ0v) is 11.1. The highest BCUT2D eigenvalue weighted by molar-refractivity contribution is 6.33. The summed E-state index contributed by atoms with van der Waals surface area (Å²) in [5, 5.41) is 15.4. The molecule has 0 amide bonds. The van der Waals surface area contributed by atoms with Crippen LogP contribution in [-0.2, 0) is 0 Å². The summed E-state index contributed by atoms with van der Waals surface area (Å²) < 4.78 is 0. The monoisotopic (exact) mass is 273 g/mol. The molecule has 1 heterocycles. The average molecular weight is 274 g/mol. The van der Waals surface area contributed by atoms with Gasteiger partial charge in [-0.1, -0.05) is 11.6 Å². The van der Waals surface area contributed by atoms with Gasteiger partial charge in [-0.3, -0.25) is 4.98 Å². The molecule has 0 saturated heterocycles. The lowest BCUT2D eigenvalue weighted by Crippen LogP contribution is -2.02. The first-order valence-electron chi connectivity index (χ1n) is 5.75. The van der Waals surface area contributed by atoms with Gasteiger partial charge in [-0.25, -0.2) is 4.98 Å². The van der Waals surface area contributed by atoms with E-state index in [-0.39, 0.29) is 0 Å². The molecule has 0 spiro atoms. The summed E-state index contributed by atoms with van der Waals surface area (Å²) in [6.45, 7) is 2.76. The van der Waals surface area contributed by atoms with E-state index in [1.54, 1.807) is 30.6 Å². The number of nitrogens with one attached hydrogen (secondary N) is 2. The number of nitrogens with zero attached hydrogens (tertiary/aromatic N) is 3. The number of nitriles is 1. The largest absolute Gasteiger partial charge is 0.369 e. The number of hydrogen-bond acceptors (Lipinski definition) is 5. The van der Waals surface area contributed by atoms with Crippen molar-refractivity contribution in [3.8, 4) is 6.07 Å². The van der Waals surface area contributed by atoms with Crippen molar-refractivity contribution < 1.29 is 0 Å². The molecule has 0 atom stereocenters. The summed E-state index contributed by atoms with van der Waals surface area (Å²) in [5.74, 6) is 1.28. The van der Waals surface area contributed by atoms with Gasteiger partial charge in [-0.05, 0) is 25.1 Å². The molecule has 1 aromatic heterocycles. The van der Waals surface area contributed by atoms with Crippen molar-refractivity contribution in [2.24, 2.45) is 0 Å². The number of anilines is 3. The Bertz CT molecular complexity index is 621. The summed E-state index contributed by atoms with van der Waals surface area (Å²) in [4.78, 5) is 8.41. The van der Waals surface area contributed by atoms with Crippen LogP contribution in [0.15, 0.2) is 30.6 Å². The molecule has 0 bridgehead atoms. The van der Waals surface area contributed by atoms with E-state index >= 15 is 0 Å². The smallest absolute Gasteiger partial charge is 0.151 e. The Morgan fingerprint density at radius 2 is 2.11 bits per heavy atom. The van der Waals surface area contributed by atoms with Gasteiger partial charge in [0.25, 0.3) is 0 Å². The second kappa shape index (κ2) is 6.03. The second-order valence-corrected chi connectivity index (χ2v) is 4.16. The molecule has 2 N–H and O–H groups in total. The van der Waals surface area contributed by atoms with Crippen LogP contribution >= 0.6 is 11.6 Å². The molecule has 6 heteroatoms. The van der Waals surface area contributed by atoms with Gasteiger partial charge in [-0.2, -0.15) is 5.26 Å². The van der Waals surface area contributed by atoms with Gasteiger partial charge in [0.15, 0.2) is 5.82 Å². The molecule has 2 aromatic rings. The molecule has 2 rings (SSSR count). The molecule has 96 valence electrons. The Labute approximate surface area is 116 Å². The first kappa shape index (κ1) is 13.1. The standard InChI is InChI=1S/C13H12ClN5/c1-2-17-12-7-16-8-13(19-12)18-11-4-3-9(6-15)5-10(11)14/h3-5,7-8H,2H2,1H3,(H2,17,18,19). The Morgan fingerprint density at radius 1 is 1.32 bits per heavy atom. The lowest BCUT2D eigenvalue weighted by molar-refractivity contribution is 1.12. The lowest BCUT2D eigenvalue weighted by atomic mass is 10.2. The lowest BCUT2D eigenvalue weighted by Gasteiger charge is -2.09. The molecule has 0 aliphatic carbocycles. The number of hydrogen-bond donors (Lipinski definition) is 2. The SMILES string of the molecule is CCNc1cncc(Nc2ccc(C#N)cc2Cl)n1. The molecule has 5 nitrogen and oxygen atoms in total. The highest BCUT2D eigenvalue weighted by Gasteiger charge is 2.04. The Morgan fingerprint density at radius 3 is 2.79 bits per heavy atom. The minimum atomic E-state index is 0.467. The van der Waals surface area contributed by atoms with Crippen LogP contribution in [0, 0.1) is 11.3 Å². The molecule has 0 aliphatic rings. The minimum absolute atomic E-state index is 0.467. The molecule has 0 unspecified atom stereocenters. The summed E-state index contributed by atoms with van der Waals surface area (Å²) in [6, 6.07) is 7.07. The summed E-state index contributed by atoms with van der Waals surface area (Å²) in [6.07, 6.45) is 3.25. The molecular weight excluding hydrogens is 262 g/mol. The number of halogens is 1. The molecule has 0 aliphatic heterocycles. The zero-order chi connectivity index (χ0) is 13.7. The van der Waals surface area contributed by atoms with Crippen LogP contribution in [0.5, 0.6) is 0 Å². The van der Waals surface area contributed by atoms with Crippen molar-refractivity contribution in [2.75, 3.05) is 17.2 Å². The molecular formula is C13H12ClN5. The van der Waals surface area contributed by atoms with Crippen LogP contribution in [-0.4, -0.2) is 16.5 Å². The van der Waals surface area contributed by atoms with Crippen LogP contribution in [0.25, 0.3) is 0 Å². The van der Waals surface area contributed by atoms with Crippen LogP contribution in [0.2, 0.25) is 5.02 Å². The van der Waals surface area contributed by atoms with Crippen molar-refractivity contribution in [3.05, 3.63) is 41.2 Å². The first-order valence-corrected chi connectivity index (χ1v) is 6.13. The van der Waals surface area contributed by atoms with Gasteiger partial charge in [0.05, 0.1) is 34.7 Å². The van der Waals surface area contributed by atoms with Crippen LogP contribution in [0.3, 0.4) is 0 Å². The van der Waals surface area contributed by atoms with Crippen LogP contribution < -0.4 is 10.6 Å². The van der Waals surface area contributed by atoms with E-state index in [1.807, 2.05) is 13.0 Å². The van der Waals surface area contributed by atoms with Gasteiger partial charge < -0.3 is 10.6 Å². The normalized spacial score (nSPS) is 9.74. The quantitative estimate of drug-likeness (QED) is 0.895. The molecule has 19 heavy (non-hydrogen) atoms. The Hall–Kier alpha value is -2.32. The van der Waals surface area contributed by atoms with E-state index in [9.17, 15) is 0 Å². The number of benzene rings is 1. The average Bonchev–Trinajstić information content (AvgIpc) is 2.42. The molecule has 1 aromatic carbocycles. The maximum atomic E-state index is 8.78. The highest BCUT2D eigenvalue weighted by atomic mass is 35.5. The summed E-state index contributed by atoms with van der Waals surface area (Å²) in [7, 11) is 0. The van der Waals surface area contributed by atoms with E-state index in [4.69, 9.17) is 16.9 Å². The van der Waals surface area contributed by atoms with Crippen molar-refractivity contribution in [1.82, 2.24) is 9.97 Å². The van der Waals surface area contributed by atoms with Gasteiger partial charge >= 0.3 is 0 Å². The summed E-state index contributed by atoms with van der Waals surface area (Å²) in [5.41, 5.74) is 1.20. The third kappa shape index (κ3) is 3.33. The van der Waals surface area contributed by atoms with Gasteiger partial charge in [0.1, 0.15) is 5.82 Å². The maximum absolute atomic E-state index is 8.78. The fourth-order valence-electron chi connectivity index (χ4n) is 1.52. The van der Waals surface area contributed by atoms with Crippen molar-refractivity contribution in [1.29, 1.82) is 5.26 Å². The number of rotatable bonds is 4. The zero-order valence-electron chi connectivity index (χ0n) is 10.3. The number of aromatic nitrogens is 2. The Kier molecular flexibility index (Phi) is 4.16. The van der Waals surface area contributed by atoms with Crippen molar-refractivity contribution in [3.63, 3.8) is 0 Å². The Balaban J connectivity index is 2.21. The topological polar surface area (TPSA) is 73.6 Å². The predicted octanol–water partition coefficient (Wildman–Crippen LogP) is 3.18. The second-order valence-electron chi connectivity index (χ2n) is 3.75. The van der Waals surface area contributed by atoms with Crippen LogP contribution in [0.1, 0.15) is 12.5 Å². The highest BCUT2D eigenvalue weighted by Crippen LogP contribution is 2.25. The third-order valence-corrected chi connectivity index (χ3v) is 2.67. The van der Waals surface area contributed by atoms with Crippen molar-refractivity contribution >= 4 is 28.9 Å². The fraction of sp³-hybridized carbons (Fsp3) is 0.154. The fourth-order valence-corrected chi connectivity index (χ4v) is 1.74. The van der Waals surface area contributed by atoms with E-state index < -0.39 is 0 Å². The van der Waals surface area contributed by atoms with Gasteiger partial charge in [0, 0.05) is 6.54 Å². The first-order chi connectivity index (χ1) is 9.22. The third-order valence-electron chi connectivity index (χ3n) is 2.35. The van der Waals surface area contributed by atoms with Crippen molar-refractivity contribution in [2.45, 2.75) is 6.92 Å². The predicted molar refractivity (Wildman–Crippen MR) is 75.6 cm³/mol. The maximum Gasteiger partial charge on any atom is 0.151 e. The molecule has 0 radical (unpaired) electrons. The van der Waals surface area contributed by atoms with Gasteiger partial charge in [0.2, 0.25) is 0 Å². The van der Waals surface area contributed by atoms with E-state index in [0.29, 0.717) is 27.9 Å².